The van der Waals surface area contributed by atoms with Crippen LogP contribution in [0.3, 0.4) is 0 Å². The van der Waals surface area contributed by atoms with Gasteiger partial charge < -0.3 is 4.90 Å². The molecule has 0 aliphatic carbocycles. The largest absolute Gasteiger partial charge is 0.303 e. The van der Waals surface area contributed by atoms with E-state index in [0.717, 1.165) is 28.7 Å². The fourth-order valence-corrected chi connectivity index (χ4v) is 4.49. The lowest BCUT2D eigenvalue weighted by molar-refractivity contribution is -0.384. The highest BCUT2D eigenvalue weighted by atomic mass is 32.2. The number of likely N-dealkylation sites (tertiary alicyclic amines) is 1. The van der Waals surface area contributed by atoms with Gasteiger partial charge in [0.05, 0.1) is 4.92 Å². The topological polar surface area (TPSA) is 77.1 Å². The molecule has 3 aromatic rings. The van der Waals surface area contributed by atoms with E-state index in [1.807, 2.05) is 34.9 Å². The Labute approximate surface area is 173 Å². The van der Waals surface area contributed by atoms with Gasteiger partial charge >= 0.3 is 0 Å². The Bertz CT molecular complexity index is 953. The lowest BCUT2D eigenvalue weighted by atomic mass is 10.1. The summed E-state index contributed by atoms with van der Waals surface area (Å²) in [7, 11) is 0. The van der Waals surface area contributed by atoms with E-state index < -0.39 is 4.92 Å². The molecule has 0 unspecified atom stereocenters. The van der Waals surface area contributed by atoms with Gasteiger partial charge in [0, 0.05) is 35.7 Å². The molecule has 150 valence electrons. The standard InChI is InChI=1S/C21H23N5O2S/c27-26(28)19-11-9-17(10-12-19)20-22-23-21(25(20)18-7-3-1-4-8-18)29-16-15-24-13-5-2-6-14-24/h1,3-4,7-12H,2,5-6,13-16H2. The van der Waals surface area contributed by atoms with Crippen LogP contribution in [0, 0.1) is 10.1 Å². The minimum Gasteiger partial charge on any atom is -0.303 e. The Morgan fingerprint density at radius 3 is 2.38 bits per heavy atom. The van der Waals surface area contributed by atoms with Gasteiger partial charge in [-0.2, -0.15) is 0 Å². The van der Waals surface area contributed by atoms with Crippen LogP contribution in [0.4, 0.5) is 5.69 Å². The van der Waals surface area contributed by atoms with E-state index >= 15 is 0 Å². The number of rotatable bonds is 7. The summed E-state index contributed by atoms with van der Waals surface area (Å²) in [5, 5.41) is 20.6. The van der Waals surface area contributed by atoms with Crippen LogP contribution in [-0.4, -0.2) is 50.0 Å². The fourth-order valence-electron chi connectivity index (χ4n) is 3.54. The first-order valence-corrected chi connectivity index (χ1v) is 10.8. The van der Waals surface area contributed by atoms with E-state index in [0.29, 0.717) is 5.82 Å². The molecular formula is C21H23N5O2S. The minimum atomic E-state index is -0.395. The van der Waals surface area contributed by atoms with E-state index in [2.05, 4.69) is 15.1 Å². The molecule has 29 heavy (non-hydrogen) atoms. The molecule has 2 aromatic carbocycles. The highest BCUT2D eigenvalue weighted by molar-refractivity contribution is 7.99. The van der Waals surface area contributed by atoms with Crippen LogP contribution in [0.5, 0.6) is 0 Å². The van der Waals surface area contributed by atoms with E-state index in [-0.39, 0.29) is 5.69 Å². The molecule has 1 saturated heterocycles. The van der Waals surface area contributed by atoms with Gasteiger partial charge in [0.15, 0.2) is 11.0 Å². The fraction of sp³-hybridized carbons (Fsp3) is 0.333. The zero-order valence-electron chi connectivity index (χ0n) is 16.1. The lowest BCUT2D eigenvalue weighted by Gasteiger charge is -2.25. The lowest BCUT2D eigenvalue weighted by Crippen LogP contribution is -2.31. The molecule has 0 atom stereocenters. The molecule has 0 spiro atoms. The monoisotopic (exact) mass is 409 g/mol. The number of hydrogen-bond donors (Lipinski definition) is 0. The molecule has 8 heteroatoms. The zero-order valence-corrected chi connectivity index (χ0v) is 16.9. The molecule has 1 aromatic heterocycles. The first-order valence-electron chi connectivity index (χ1n) is 9.83. The van der Waals surface area contributed by atoms with Gasteiger partial charge in [-0.05, 0) is 50.2 Å². The van der Waals surface area contributed by atoms with Crippen LogP contribution in [-0.2, 0) is 0 Å². The summed E-state index contributed by atoms with van der Waals surface area (Å²) in [6.07, 6.45) is 3.91. The van der Waals surface area contributed by atoms with Gasteiger partial charge in [-0.3, -0.25) is 14.7 Å². The summed E-state index contributed by atoms with van der Waals surface area (Å²) in [4.78, 5) is 13.1. The number of non-ortho nitro benzene ring substituents is 1. The molecule has 1 aliphatic rings. The smallest absolute Gasteiger partial charge is 0.269 e. The molecule has 1 aliphatic heterocycles. The maximum absolute atomic E-state index is 11.0. The average Bonchev–Trinajstić information content (AvgIpc) is 3.19. The number of nitrogens with zero attached hydrogens (tertiary/aromatic N) is 5. The number of hydrogen-bond acceptors (Lipinski definition) is 6. The van der Waals surface area contributed by atoms with Crippen molar-refractivity contribution in [2.24, 2.45) is 0 Å². The Morgan fingerprint density at radius 2 is 1.69 bits per heavy atom. The minimum absolute atomic E-state index is 0.0654. The Hall–Kier alpha value is -2.71. The Morgan fingerprint density at radius 1 is 0.966 bits per heavy atom. The van der Waals surface area contributed by atoms with Gasteiger partial charge in [-0.25, -0.2) is 0 Å². The van der Waals surface area contributed by atoms with Gasteiger partial charge in [0.1, 0.15) is 0 Å². The molecule has 0 radical (unpaired) electrons. The summed E-state index contributed by atoms with van der Waals surface area (Å²) < 4.78 is 2.03. The highest BCUT2D eigenvalue weighted by Crippen LogP contribution is 2.29. The van der Waals surface area contributed by atoms with Crippen molar-refractivity contribution in [3.05, 3.63) is 64.7 Å². The number of nitro groups is 1. The van der Waals surface area contributed by atoms with Crippen molar-refractivity contribution in [1.82, 2.24) is 19.7 Å². The number of nitro benzene ring substituents is 1. The third-order valence-electron chi connectivity index (χ3n) is 5.07. The van der Waals surface area contributed by atoms with E-state index in [9.17, 15) is 10.1 Å². The number of para-hydroxylation sites is 1. The van der Waals surface area contributed by atoms with Crippen LogP contribution >= 0.6 is 11.8 Å². The second kappa shape index (κ2) is 9.19. The zero-order chi connectivity index (χ0) is 20.1. The first kappa shape index (κ1) is 19.6. The molecule has 2 heterocycles. The van der Waals surface area contributed by atoms with Gasteiger partial charge in [-0.1, -0.05) is 36.4 Å². The summed E-state index contributed by atoms with van der Waals surface area (Å²) in [6.45, 7) is 3.40. The molecule has 0 amide bonds. The van der Waals surface area contributed by atoms with Crippen molar-refractivity contribution >= 4 is 17.4 Å². The predicted molar refractivity (Wildman–Crippen MR) is 114 cm³/mol. The number of aromatic nitrogens is 3. The van der Waals surface area contributed by atoms with Crippen LogP contribution in [0.2, 0.25) is 0 Å². The maximum atomic E-state index is 11.0. The summed E-state index contributed by atoms with van der Waals surface area (Å²) in [5.74, 6) is 1.64. The number of piperidine rings is 1. The van der Waals surface area contributed by atoms with Crippen molar-refractivity contribution in [2.45, 2.75) is 24.4 Å². The van der Waals surface area contributed by atoms with Crippen molar-refractivity contribution in [2.75, 3.05) is 25.4 Å². The maximum Gasteiger partial charge on any atom is 0.269 e. The van der Waals surface area contributed by atoms with Crippen LogP contribution in [0.25, 0.3) is 17.1 Å². The van der Waals surface area contributed by atoms with Crippen molar-refractivity contribution < 1.29 is 4.92 Å². The third kappa shape index (κ3) is 4.65. The molecular weight excluding hydrogens is 386 g/mol. The van der Waals surface area contributed by atoms with E-state index in [1.54, 1.807) is 23.9 Å². The quantitative estimate of drug-likeness (QED) is 0.327. The molecule has 7 nitrogen and oxygen atoms in total. The Kier molecular flexibility index (Phi) is 6.21. The van der Waals surface area contributed by atoms with Crippen molar-refractivity contribution in [3.63, 3.8) is 0 Å². The Balaban J connectivity index is 1.59. The molecule has 4 rings (SSSR count). The third-order valence-corrected chi connectivity index (χ3v) is 5.98. The van der Waals surface area contributed by atoms with Crippen LogP contribution in [0.1, 0.15) is 19.3 Å². The summed E-state index contributed by atoms with van der Waals surface area (Å²) in [5.41, 5.74) is 1.84. The summed E-state index contributed by atoms with van der Waals surface area (Å²) in [6, 6.07) is 16.4. The average molecular weight is 410 g/mol. The van der Waals surface area contributed by atoms with Crippen molar-refractivity contribution in [1.29, 1.82) is 0 Å². The normalized spacial score (nSPS) is 14.8. The molecule has 0 saturated carbocycles. The predicted octanol–water partition coefficient (Wildman–Crippen LogP) is 4.42. The van der Waals surface area contributed by atoms with Crippen molar-refractivity contribution in [3.8, 4) is 17.1 Å². The van der Waals surface area contributed by atoms with Gasteiger partial charge in [-0.15, -0.1) is 10.2 Å². The van der Waals surface area contributed by atoms with E-state index in [4.69, 9.17) is 0 Å². The second-order valence-corrected chi connectivity index (χ2v) is 8.09. The second-order valence-electron chi connectivity index (χ2n) is 7.03. The SMILES string of the molecule is O=[N+]([O-])c1ccc(-c2nnc(SCCN3CCCCC3)n2-c2ccccc2)cc1. The number of benzene rings is 2. The van der Waals surface area contributed by atoms with Crippen LogP contribution in [0.15, 0.2) is 59.8 Å². The molecule has 0 N–H and O–H groups in total. The van der Waals surface area contributed by atoms with Gasteiger partial charge in [0.25, 0.3) is 5.69 Å². The first-order chi connectivity index (χ1) is 14.2. The molecule has 0 bridgehead atoms. The summed E-state index contributed by atoms with van der Waals surface area (Å²) >= 11 is 1.70. The number of thioether (sulfide) groups is 1. The van der Waals surface area contributed by atoms with Crippen LogP contribution < -0.4 is 0 Å². The highest BCUT2D eigenvalue weighted by Gasteiger charge is 2.18. The van der Waals surface area contributed by atoms with E-state index in [1.165, 1.54) is 44.5 Å². The molecule has 1 fully saturated rings. The van der Waals surface area contributed by atoms with Gasteiger partial charge in [0.2, 0.25) is 0 Å².